The number of halogens is 2. The molecule has 0 bridgehead atoms. The summed E-state index contributed by atoms with van der Waals surface area (Å²) in [5.41, 5.74) is 3.05. The molecule has 0 saturated carbocycles. The van der Waals surface area contributed by atoms with Gasteiger partial charge in [0.05, 0.1) is 9.37 Å². The van der Waals surface area contributed by atoms with Crippen molar-refractivity contribution < 1.29 is 17.9 Å². The van der Waals surface area contributed by atoms with E-state index in [4.69, 9.17) is 4.74 Å². The van der Waals surface area contributed by atoms with Gasteiger partial charge < -0.3 is 4.74 Å². The van der Waals surface area contributed by atoms with Gasteiger partial charge in [0.1, 0.15) is 5.75 Å². The summed E-state index contributed by atoms with van der Waals surface area (Å²) in [6.45, 7) is 1.55. The Bertz CT molecular complexity index is 842. The average Bonchev–Trinajstić information content (AvgIpc) is 2.56. The van der Waals surface area contributed by atoms with E-state index in [1.807, 2.05) is 11.8 Å². The molecule has 0 unspecified atom stereocenters. The Kier molecular flexibility index (Phi) is 6.39. The number of ether oxygens (including phenoxy) is 1. The maximum Gasteiger partial charge on any atom is 0.272 e. The van der Waals surface area contributed by atoms with Gasteiger partial charge in [0.25, 0.3) is 15.9 Å². The molecule has 24 heavy (non-hydrogen) atoms. The largest absolute Gasteiger partial charge is 0.483 e. The fourth-order valence-corrected chi connectivity index (χ4v) is 3.69. The van der Waals surface area contributed by atoms with Crippen LogP contribution in [0.25, 0.3) is 0 Å². The van der Waals surface area contributed by atoms with E-state index < -0.39 is 15.9 Å². The van der Waals surface area contributed by atoms with Crippen molar-refractivity contribution in [1.29, 1.82) is 0 Å². The van der Waals surface area contributed by atoms with E-state index in [-0.39, 0.29) is 11.5 Å². The van der Waals surface area contributed by atoms with E-state index in [1.54, 1.807) is 30.3 Å². The number of nitrogens with one attached hydrogen (secondary N) is 2. The third-order valence-corrected chi connectivity index (χ3v) is 5.69. The predicted molar refractivity (Wildman–Crippen MR) is 97.0 cm³/mol. The lowest BCUT2D eigenvalue weighted by Gasteiger charge is -2.11. The molecular weight excluding hydrogens is 464 g/mol. The van der Waals surface area contributed by atoms with Gasteiger partial charge in [0, 0.05) is 4.47 Å². The average molecular weight is 478 g/mol. The normalized spacial score (nSPS) is 11.1. The summed E-state index contributed by atoms with van der Waals surface area (Å²) in [5, 5.41) is 0. The molecule has 0 saturated heterocycles. The smallest absolute Gasteiger partial charge is 0.272 e. The Morgan fingerprint density at radius 1 is 1.12 bits per heavy atom. The summed E-state index contributed by atoms with van der Waals surface area (Å²) in [4.78, 5) is 13.8. The molecule has 0 radical (unpaired) electrons. The van der Waals surface area contributed by atoms with Crippen LogP contribution in [0.1, 0.15) is 5.56 Å². The van der Waals surface area contributed by atoms with Crippen molar-refractivity contribution in [1.82, 2.24) is 10.3 Å². The van der Waals surface area contributed by atoms with Crippen molar-refractivity contribution in [3.05, 3.63) is 57.0 Å². The first kappa shape index (κ1) is 18.9. The lowest BCUT2D eigenvalue weighted by atomic mass is 10.2. The highest BCUT2D eigenvalue weighted by atomic mass is 79.9. The third-order valence-electron chi connectivity index (χ3n) is 2.95. The summed E-state index contributed by atoms with van der Waals surface area (Å²) in [6, 6.07) is 11.3. The Morgan fingerprint density at radius 2 is 1.79 bits per heavy atom. The van der Waals surface area contributed by atoms with E-state index in [9.17, 15) is 13.2 Å². The van der Waals surface area contributed by atoms with Crippen molar-refractivity contribution in [3.8, 4) is 5.75 Å². The topological polar surface area (TPSA) is 84.5 Å². The van der Waals surface area contributed by atoms with Crippen molar-refractivity contribution in [2.24, 2.45) is 0 Å². The van der Waals surface area contributed by atoms with Crippen LogP contribution in [-0.4, -0.2) is 20.9 Å². The van der Waals surface area contributed by atoms with Crippen molar-refractivity contribution in [3.63, 3.8) is 0 Å². The molecule has 9 heteroatoms. The van der Waals surface area contributed by atoms with Gasteiger partial charge in [-0.15, -0.1) is 4.83 Å². The van der Waals surface area contributed by atoms with Crippen LogP contribution in [0, 0.1) is 6.92 Å². The van der Waals surface area contributed by atoms with E-state index in [0.29, 0.717) is 10.2 Å². The van der Waals surface area contributed by atoms with Gasteiger partial charge in [0.15, 0.2) is 6.61 Å². The molecule has 0 fully saturated rings. The molecule has 2 N–H and O–H groups in total. The van der Waals surface area contributed by atoms with Crippen LogP contribution in [0.3, 0.4) is 0 Å². The standard InChI is InChI=1S/C15H14Br2N2O4S/c1-10-7-14(13(17)8-12(10)16)23-9-15(20)18-19-24(21,22)11-5-3-2-4-6-11/h2-8,19H,9H2,1H3,(H,18,20). The van der Waals surface area contributed by atoms with Gasteiger partial charge in [-0.1, -0.05) is 34.1 Å². The second-order valence-corrected chi connectivity index (χ2v) is 8.18. The zero-order chi connectivity index (χ0) is 17.7. The lowest BCUT2D eigenvalue weighted by molar-refractivity contribution is -0.123. The van der Waals surface area contributed by atoms with E-state index in [1.165, 1.54) is 12.1 Å². The van der Waals surface area contributed by atoms with E-state index in [2.05, 4.69) is 37.3 Å². The number of sulfonamides is 1. The number of hydrogen-bond donors (Lipinski definition) is 2. The fourth-order valence-electron chi connectivity index (χ4n) is 1.70. The predicted octanol–water partition coefficient (Wildman–Crippen LogP) is 2.91. The monoisotopic (exact) mass is 476 g/mol. The number of benzene rings is 2. The molecule has 2 rings (SSSR count). The highest BCUT2D eigenvalue weighted by molar-refractivity contribution is 9.11. The highest BCUT2D eigenvalue weighted by Crippen LogP contribution is 2.31. The number of hydrogen-bond acceptors (Lipinski definition) is 4. The van der Waals surface area contributed by atoms with Gasteiger partial charge in [0.2, 0.25) is 0 Å². The molecule has 6 nitrogen and oxygen atoms in total. The first-order valence-electron chi connectivity index (χ1n) is 6.74. The minimum Gasteiger partial charge on any atom is -0.483 e. The molecule has 128 valence electrons. The highest BCUT2D eigenvalue weighted by Gasteiger charge is 2.15. The van der Waals surface area contributed by atoms with Crippen LogP contribution in [0.5, 0.6) is 5.75 Å². The summed E-state index contributed by atoms with van der Waals surface area (Å²) >= 11 is 6.72. The van der Waals surface area contributed by atoms with Crippen LogP contribution in [0.4, 0.5) is 0 Å². The Morgan fingerprint density at radius 3 is 2.46 bits per heavy atom. The molecule has 0 atom stereocenters. The Hall–Kier alpha value is -1.42. The molecule has 0 aliphatic heterocycles. The third kappa shape index (κ3) is 5.04. The Labute approximate surface area is 156 Å². The molecule has 0 aliphatic rings. The molecule has 0 aromatic heterocycles. The van der Waals surface area contributed by atoms with Gasteiger partial charge in [-0.3, -0.25) is 10.2 Å². The maximum atomic E-state index is 12.0. The van der Waals surface area contributed by atoms with E-state index >= 15 is 0 Å². The van der Waals surface area contributed by atoms with E-state index in [0.717, 1.165) is 10.0 Å². The maximum absolute atomic E-state index is 12.0. The van der Waals surface area contributed by atoms with Gasteiger partial charge in [-0.25, -0.2) is 8.42 Å². The van der Waals surface area contributed by atoms with Crippen LogP contribution >= 0.6 is 31.9 Å². The van der Waals surface area contributed by atoms with Crippen LogP contribution in [0.2, 0.25) is 0 Å². The van der Waals surface area contributed by atoms with Gasteiger partial charge in [-0.05, 0) is 52.7 Å². The zero-order valence-corrected chi connectivity index (χ0v) is 16.5. The van der Waals surface area contributed by atoms with Crippen LogP contribution < -0.4 is 15.0 Å². The molecule has 2 aromatic rings. The number of hydrazine groups is 1. The minimum atomic E-state index is -3.81. The number of carbonyl (C=O) groups excluding carboxylic acids is 1. The van der Waals surface area contributed by atoms with Crippen molar-refractivity contribution >= 4 is 47.8 Å². The number of rotatable bonds is 6. The second-order valence-electron chi connectivity index (χ2n) is 4.79. The van der Waals surface area contributed by atoms with Crippen molar-refractivity contribution in [2.45, 2.75) is 11.8 Å². The zero-order valence-electron chi connectivity index (χ0n) is 12.5. The summed E-state index contributed by atoms with van der Waals surface area (Å²) in [6.07, 6.45) is 0. The summed E-state index contributed by atoms with van der Waals surface area (Å²) in [7, 11) is -3.81. The number of carbonyl (C=O) groups is 1. The molecule has 1 amide bonds. The van der Waals surface area contributed by atoms with Crippen molar-refractivity contribution in [2.75, 3.05) is 6.61 Å². The fraction of sp³-hybridized carbons (Fsp3) is 0.133. The van der Waals surface area contributed by atoms with Crippen LogP contribution in [0.15, 0.2) is 56.3 Å². The first-order valence-corrected chi connectivity index (χ1v) is 9.80. The molecule has 2 aromatic carbocycles. The van der Waals surface area contributed by atoms with Gasteiger partial charge >= 0.3 is 0 Å². The quantitative estimate of drug-likeness (QED) is 0.626. The molecule has 0 spiro atoms. The first-order chi connectivity index (χ1) is 11.3. The minimum absolute atomic E-state index is 0.0532. The number of aryl methyl sites for hydroxylation is 1. The molecular formula is C15H14Br2N2O4S. The van der Waals surface area contributed by atoms with Gasteiger partial charge in [-0.2, -0.15) is 0 Å². The summed E-state index contributed by atoms with van der Waals surface area (Å²) < 4.78 is 30.9. The SMILES string of the molecule is Cc1cc(OCC(=O)NNS(=O)(=O)c2ccccc2)c(Br)cc1Br. The molecule has 0 heterocycles. The molecule has 0 aliphatic carbocycles. The second kappa shape index (κ2) is 8.11. The van der Waals surface area contributed by atoms with Crippen LogP contribution in [-0.2, 0) is 14.8 Å². The number of amides is 1. The Balaban J connectivity index is 1.92. The summed E-state index contributed by atoms with van der Waals surface area (Å²) in [5.74, 6) is -0.140. The lowest BCUT2D eigenvalue weighted by Crippen LogP contribution is -2.43.